The molecule has 0 radical (unpaired) electrons. The van der Waals surface area contributed by atoms with Crippen LogP contribution in [-0.2, 0) is 0 Å². The van der Waals surface area contributed by atoms with Crippen LogP contribution in [0.3, 0.4) is 0 Å². The van der Waals surface area contributed by atoms with E-state index in [-0.39, 0.29) is 5.91 Å². The van der Waals surface area contributed by atoms with Crippen LogP contribution < -0.4 is 10.2 Å². The van der Waals surface area contributed by atoms with Crippen LogP contribution in [0.4, 0.5) is 5.82 Å². The zero-order valence-corrected chi connectivity index (χ0v) is 15.0. The Morgan fingerprint density at radius 1 is 1.16 bits per heavy atom. The van der Waals surface area contributed by atoms with Gasteiger partial charge in [0.2, 0.25) is 0 Å². The summed E-state index contributed by atoms with van der Waals surface area (Å²) in [5.41, 5.74) is 2.36. The molecule has 5 heteroatoms. The van der Waals surface area contributed by atoms with E-state index in [1.54, 1.807) is 0 Å². The molecule has 0 aliphatic carbocycles. The summed E-state index contributed by atoms with van der Waals surface area (Å²) in [7, 11) is 0. The van der Waals surface area contributed by atoms with Crippen molar-refractivity contribution in [2.45, 2.75) is 33.1 Å². The summed E-state index contributed by atoms with van der Waals surface area (Å²) in [6, 6.07) is 11.6. The van der Waals surface area contributed by atoms with E-state index in [9.17, 15) is 4.79 Å². The number of hydrogen-bond acceptors (Lipinski definition) is 4. The fourth-order valence-corrected chi connectivity index (χ4v) is 2.99. The number of carbonyl (C=O) groups excluding carboxylic acids is 1. The first-order valence-corrected chi connectivity index (χ1v) is 9.11. The molecule has 1 N–H and O–H groups in total. The Morgan fingerprint density at radius 3 is 2.64 bits per heavy atom. The molecule has 0 atom stereocenters. The Kier molecular flexibility index (Phi) is 5.64. The quantitative estimate of drug-likeness (QED) is 0.875. The van der Waals surface area contributed by atoms with Crippen LogP contribution in [0, 0.1) is 5.92 Å². The highest BCUT2D eigenvalue weighted by Crippen LogP contribution is 2.21. The maximum absolute atomic E-state index is 12.3. The number of nitrogens with zero attached hydrogens (tertiary/aromatic N) is 3. The molecule has 1 aromatic carbocycles. The van der Waals surface area contributed by atoms with Crippen molar-refractivity contribution in [2.75, 3.05) is 24.5 Å². The molecule has 0 saturated carbocycles. The first-order valence-electron chi connectivity index (χ1n) is 9.11. The second-order valence-electron chi connectivity index (χ2n) is 6.99. The van der Waals surface area contributed by atoms with Gasteiger partial charge in [0, 0.05) is 30.8 Å². The minimum absolute atomic E-state index is 0.0378. The summed E-state index contributed by atoms with van der Waals surface area (Å²) in [5, 5.41) is 11.7. The van der Waals surface area contributed by atoms with Gasteiger partial charge < -0.3 is 10.2 Å². The average molecular weight is 338 g/mol. The van der Waals surface area contributed by atoms with E-state index in [1.165, 1.54) is 12.8 Å². The highest BCUT2D eigenvalue weighted by atomic mass is 16.1. The lowest BCUT2D eigenvalue weighted by molar-refractivity contribution is 0.0952. The molecule has 1 aliphatic heterocycles. The zero-order valence-electron chi connectivity index (χ0n) is 15.0. The Hall–Kier alpha value is -2.43. The van der Waals surface area contributed by atoms with Gasteiger partial charge in [0.25, 0.3) is 5.91 Å². The topological polar surface area (TPSA) is 58.1 Å². The molecule has 25 heavy (non-hydrogen) atoms. The Bertz CT molecular complexity index is 706. The van der Waals surface area contributed by atoms with E-state index < -0.39 is 0 Å². The number of rotatable bonds is 6. The predicted octanol–water partition coefficient (Wildman–Crippen LogP) is 3.52. The van der Waals surface area contributed by atoms with Crippen molar-refractivity contribution in [2.24, 2.45) is 5.92 Å². The van der Waals surface area contributed by atoms with E-state index in [4.69, 9.17) is 0 Å². The highest BCUT2D eigenvalue weighted by Gasteiger charge is 2.14. The number of benzene rings is 1. The van der Waals surface area contributed by atoms with Gasteiger partial charge in [-0.25, -0.2) is 0 Å². The molecule has 1 aromatic heterocycles. The van der Waals surface area contributed by atoms with Gasteiger partial charge in [-0.2, -0.15) is 0 Å². The van der Waals surface area contributed by atoms with Gasteiger partial charge in [0.1, 0.15) is 0 Å². The molecular formula is C20H26N4O. The third kappa shape index (κ3) is 4.56. The fourth-order valence-electron chi connectivity index (χ4n) is 2.99. The zero-order chi connectivity index (χ0) is 17.6. The minimum Gasteiger partial charge on any atom is -0.355 e. The summed E-state index contributed by atoms with van der Waals surface area (Å²) in [5.74, 6) is 1.48. The summed E-state index contributed by atoms with van der Waals surface area (Å²) in [4.78, 5) is 14.5. The average Bonchev–Trinajstić information content (AvgIpc) is 3.16. The van der Waals surface area contributed by atoms with Gasteiger partial charge in [-0.3, -0.25) is 4.79 Å². The van der Waals surface area contributed by atoms with Gasteiger partial charge in [0.05, 0.1) is 5.69 Å². The van der Waals surface area contributed by atoms with Crippen LogP contribution in [-0.4, -0.2) is 35.7 Å². The van der Waals surface area contributed by atoms with Gasteiger partial charge in [-0.05, 0) is 49.4 Å². The van der Waals surface area contributed by atoms with Crippen LogP contribution in [0.5, 0.6) is 0 Å². The number of hydrogen-bond donors (Lipinski definition) is 1. The standard InChI is InChI=1S/C20H26N4O/c1-15(2)10-11-21-20(25)17-7-5-6-16(14-17)18-8-9-19(23-22-18)24-12-3-4-13-24/h5-9,14-15H,3-4,10-13H2,1-2H3,(H,21,25). The molecule has 132 valence electrons. The predicted molar refractivity (Wildman–Crippen MR) is 101 cm³/mol. The second kappa shape index (κ2) is 8.10. The molecule has 2 aromatic rings. The van der Waals surface area contributed by atoms with Crippen molar-refractivity contribution in [3.8, 4) is 11.3 Å². The van der Waals surface area contributed by atoms with Gasteiger partial charge in [-0.15, -0.1) is 10.2 Å². The van der Waals surface area contributed by atoms with Crippen molar-refractivity contribution >= 4 is 11.7 Å². The van der Waals surface area contributed by atoms with E-state index in [0.29, 0.717) is 18.0 Å². The lowest BCUT2D eigenvalue weighted by Gasteiger charge is -2.15. The maximum Gasteiger partial charge on any atom is 0.251 e. The lowest BCUT2D eigenvalue weighted by atomic mass is 10.1. The van der Waals surface area contributed by atoms with Gasteiger partial charge in [-0.1, -0.05) is 26.0 Å². The largest absolute Gasteiger partial charge is 0.355 e. The van der Waals surface area contributed by atoms with Crippen molar-refractivity contribution < 1.29 is 4.79 Å². The van der Waals surface area contributed by atoms with E-state index in [1.807, 2.05) is 36.4 Å². The maximum atomic E-state index is 12.3. The molecular weight excluding hydrogens is 312 g/mol. The molecule has 1 aliphatic rings. The Morgan fingerprint density at radius 2 is 1.96 bits per heavy atom. The smallest absolute Gasteiger partial charge is 0.251 e. The molecule has 2 heterocycles. The highest BCUT2D eigenvalue weighted by molar-refractivity contribution is 5.95. The molecule has 0 spiro atoms. The fraction of sp³-hybridized carbons (Fsp3) is 0.450. The number of nitrogens with one attached hydrogen (secondary N) is 1. The summed E-state index contributed by atoms with van der Waals surface area (Å²) in [6.07, 6.45) is 3.42. The SMILES string of the molecule is CC(C)CCNC(=O)c1cccc(-c2ccc(N3CCCC3)nn2)c1. The van der Waals surface area contributed by atoms with Crippen LogP contribution in [0.15, 0.2) is 36.4 Å². The molecule has 0 unspecified atom stereocenters. The summed E-state index contributed by atoms with van der Waals surface area (Å²) < 4.78 is 0. The van der Waals surface area contributed by atoms with Gasteiger partial charge >= 0.3 is 0 Å². The third-order valence-electron chi connectivity index (χ3n) is 4.51. The monoisotopic (exact) mass is 338 g/mol. The van der Waals surface area contributed by atoms with Crippen molar-refractivity contribution in [1.82, 2.24) is 15.5 Å². The van der Waals surface area contributed by atoms with Crippen LogP contribution in [0.1, 0.15) is 43.5 Å². The van der Waals surface area contributed by atoms with E-state index >= 15 is 0 Å². The number of anilines is 1. The minimum atomic E-state index is -0.0378. The first-order chi connectivity index (χ1) is 12.1. The van der Waals surface area contributed by atoms with Crippen molar-refractivity contribution in [3.63, 3.8) is 0 Å². The molecule has 1 fully saturated rings. The molecule has 3 rings (SSSR count). The lowest BCUT2D eigenvalue weighted by Crippen LogP contribution is -2.25. The van der Waals surface area contributed by atoms with Crippen LogP contribution in [0.2, 0.25) is 0 Å². The third-order valence-corrected chi connectivity index (χ3v) is 4.51. The summed E-state index contributed by atoms with van der Waals surface area (Å²) in [6.45, 7) is 7.11. The van der Waals surface area contributed by atoms with Crippen LogP contribution in [0.25, 0.3) is 11.3 Å². The van der Waals surface area contributed by atoms with E-state index in [0.717, 1.165) is 36.6 Å². The normalized spacial score (nSPS) is 14.1. The Labute approximate surface area is 149 Å². The number of amides is 1. The number of carbonyl (C=O) groups is 1. The second-order valence-corrected chi connectivity index (χ2v) is 6.99. The van der Waals surface area contributed by atoms with Gasteiger partial charge in [0.15, 0.2) is 5.82 Å². The number of aromatic nitrogens is 2. The molecule has 5 nitrogen and oxygen atoms in total. The van der Waals surface area contributed by atoms with Crippen molar-refractivity contribution in [3.05, 3.63) is 42.0 Å². The molecule has 1 saturated heterocycles. The van der Waals surface area contributed by atoms with E-state index in [2.05, 4.69) is 34.3 Å². The Balaban J connectivity index is 1.69. The molecule has 0 bridgehead atoms. The van der Waals surface area contributed by atoms with Crippen LogP contribution >= 0.6 is 0 Å². The first kappa shape index (κ1) is 17.4. The molecule has 1 amide bonds. The van der Waals surface area contributed by atoms with Crippen molar-refractivity contribution in [1.29, 1.82) is 0 Å². The summed E-state index contributed by atoms with van der Waals surface area (Å²) >= 11 is 0.